The molecular weight excluding hydrogens is 348 g/mol. The van der Waals surface area contributed by atoms with Crippen molar-refractivity contribution in [2.75, 3.05) is 6.54 Å². The van der Waals surface area contributed by atoms with Crippen LogP contribution in [-0.4, -0.2) is 22.5 Å². The van der Waals surface area contributed by atoms with Crippen LogP contribution in [0.1, 0.15) is 60.1 Å². The van der Waals surface area contributed by atoms with E-state index < -0.39 is 0 Å². The summed E-state index contributed by atoms with van der Waals surface area (Å²) >= 11 is 7.31. The molecule has 1 amide bonds. The highest BCUT2D eigenvalue weighted by molar-refractivity contribution is 7.80. The van der Waals surface area contributed by atoms with E-state index in [0.29, 0.717) is 10.7 Å². The maximum Gasteiger partial charge on any atom is 0.257 e. The Bertz CT molecular complexity index is 787. The van der Waals surface area contributed by atoms with Gasteiger partial charge in [0, 0.05) is 17.0 Å². The molecule has 25 heavy (non-hydrogen) atoms. The highest BCUT2D eigenvalue weighted by Crippen LogP contribution is 2.32. The summed E-state index contributed by atoms with van der Waals surface area (Å²) in [6, 6.07) is 10.1. The number of fused-ring (bicyclic) bond motifs is 1. The average molecular weight is 373 g/mol. The second kappa shape index (κ2) is 6.89. The van der Waals surface area contributed by atoms with E-state index >= 15 is 0 Å². The van der Waals surface area contributed by atoms with Gasteiger partial charge in [0.15, 0.2) is 5.11 Å². The number of rotatable bonds is 1. The van der Waals surface area contributed by atoms with Crippen LogP contribution in [0.5, 0.6) is 0 Å². The number of carbonyl (C=O) groups is 1. The smallest absolute Gasteiger partial charge is 0.257 e. The van der Waals surface area contributed by atoms with E-state index in [0.717, 1.165) is 13.0 Å². The first kappa shape index (κ1) is 18.1. The molecule has 0 unspecified atom stereocenters. The topological polar surface area (TPSA) is 32.3 Å². The van der Waals surface area contributed by atoms with Crippen molar-refractivity contribution in [1.29, 1.82) is 0 Å². The molecule has 0 spiro atoms. The molecule has 0 saturated heterocycles. The lowest BCUT2D eigenvalue weighted by Gasteiger charge is -2.35. The second-order valence-corrected chi connectivity index (χ2v) is 8.89. The van der Waals surface area contributed by atoms with Gasteiger partial charge in [-0.05, 0) is 65.7 Å². The normalized spacial score (nSPS) is 17.1. The molecule has 1 aromatic heterocycles. The van der Waals surface area contributed by atoms with Crippen LogP contribution in [0.2, 0.25) is 0 Å². The van der Waals surface area contributed by atoms with E-state index in [-0.39, 0.29) is 17.4 Å². The zero-order chi connectivity index (χ0) is 18.2. The third kappa shape index (κ3) is 3.77. The van der Waals surface area contributed by atoms with Crippen LogP contribution in [0.15, 0.2) is 35.7 Å². The summed E-state index contributed by atoms with van der Waals surface area (Å²) in [6.07, 6.45) is 0.980. The average Bonchev–Trinajstić information content (AvgIpc) is 3.04. The maximum atomic E-state index is 12.5. The van der Waals surface area contributed by atoms with E-state index in [4.69, 9.17) is 12.2 Å². The molecule has 1 aliphatic rings. The molecule has 0 saturated carbocycles. The number of nitrogens with one attached hydrogen (secondary N) is 1. The summed E-state index contributed by atoms with van der Waals surface area (Å²) in [6.45, 7) is 9.47. The SMILES string of the molecule is C[C@@H]1c2ccsc2CCN1C(=S)NC(=O)c1ccc(C(C)(C)C)cc1. The fraction of sp³-hybridized carbons (Fsp3) is 0.400. The van der Waals surface area contributed by atoms with Crippen LogP contribution in [0.4, 0.5) is 0 Å². The summed E-state index contributed by atoms with van der Waals surface area (Å²) in [7, 11) is 0. The molecule has 0 bridgehead atoms. The van der Waals surface area contributed by atoms with Crippen LogP contribution in [0.25, 0.3) is 0 Å². The number of thiocarbonyl (C=S) groups is 1. The van der Waals surface area contributed by atoms with Gasteiger partial charge in [-0.2, -0.15) is 0 Å². The van der Waals surface area contributed by atoms with Crippen LogP contribution in [0.3, 0.4) is 0 Å². The Hall–Kier alpha value is -1.72. The minimum absolute atomic E-state index is 0.0752. The number of amides is 1. The van der Waals surface area contributed by atoms with Crippen molar-refractivity contribution >= 4 is 34.6 Å². The largest absolute Gasteiger partial charge is 0.342 e. The molecule has 2 aromatic rings. The Labute approximate surface area is 159 Å². The first-order valence-electron chi connectivity index (χ1n) is 8.56. The Morgan fingerprint density at radius 3 is 2.56 bits per heavy atom. The van der Waals surface area contributed by atoms with Crippen LogP contribution in [0, 0.1) is 0 Å². The highest BCUT2D eigenvalue weighted by Gasteiger charge is 2.27. The van der Waals surface area contributed by atoms with E-state index in [1.54, 1.807) is 11.3 Å². The van der Waals surface area contributed by atoms with E-state index in [2.05, 4.69) is 49.4 Å². The molecule has 0 fully saturated rings. The Morgan fingerprint density at radius 2 is 1.92 bits per heavy atom. The van der Waals surface area contributed by atoms with Crippen LogP contribution in [-0.2, 0) is 11.8 Å². The predicted molar refractivity (Wildman–Crippen MR) is 108 cm³/mol. The molecule has 1 atom stereocenters. The van der Waals surface area contributed by atoms with Crippen molar-refractivity contribution in [2.45, 2.75) is 45.6 Å². The molecule has 0 radical (unpaired) electrons. The number of thiophene rings is 1. The molecule has 3 rings (SSSR count). The lowest BCUT2D eigenvalue weighted by Crippen LogP contribution is -2.46. The van der Waals surface area contributed by atoms with E-state index in [1.807, 2.05) is 24.3 Å². The first-order valence-corrected chi connectivity index (χ1v) is 9.85. The van der Waals surface area contributed by atoms with E-state index in [9.17, 15) is 4.79 Å². The molecule has 5 heteroatoms. The summed E-state index contributed by atoms with van der Waals surface area (Å²) in [5.41, 5.74) is 3.24. The minimum Gasteiger partial charge on any atom is -0.342 e. The zero-order valence-electron chi connectivity index (χ0n) is 15.1. The van der Waals surface area contributed by atoms with Gasteiger partial charge in [-0.1, -0.05) is 32.9 Å². The van der Waals surface area contributed by atoms with Crippen molar-refractivity contribution in [3.63, 3.8) is 0 Å². The number of nitrogens with zero attached hydrogens (tertiary/aromatic N) is 1. The third-order valence-electron chi connectivity index (χ3n) is 4.77. The van der Waals surface area contributed by atoms with Crippen molar-refractivity contribution < 1.29 is 4.79 Å². The maximum absolute atomic E-state index is 12.5. The fourth-order valence-electron chi connectivity index (χ4n) is 3.15. The highest BCUT2D eigenvalue weighted by atomic mass is 32.1. The molecule has 1 aromatic carbocycles. The Balaban J connectivity index is 1.68. The van der Waals surface area contributed by atoms with Crippen molar-refractivity contribution in [2.24, 2.45) is 0 Å². The summed E-state index contributed by atoms with van der Waals surface area (Å²) in [4.78, 5) is 16.1. The number of hydrogen-bond acceptors (Lipinski definition) is 3. The van der Waals surface area contributed by atoms with Gasteiger partial charge in [0.2, 0.25) is 0 Å². The fourth-order valence-corrected chi connectivity index (χ4v) is 4.45. The van der Waals surface area contributed by atoms with Gasteiger partial charge in [0.1, 0.15) is 0 Å². The molecule has 0 aliphatic carbocycles. The standard InChI is InChI=1S/C20H24N2OS2/c1-13-16-10-12-25-17(16)9-11-22(13)19(24)21-18(23)14-5-7-15(8-6-14)20(2,3)4/h5-8,10,12-13H,9,11H2,1-4H3,(H,21,23,24)/t13-/m1/s1. The predicted octanol–water partition coefficient (Wildman–Crippen LogP) is 4.68. The van der Waals surface area contributed by atoms with Crippen LogP contribution < -0.4 is 5.32 Å². The van der Waals surface area contributed by atoms with Crippen LogP contribution >= 0.6 is 23.6 Å². The summed E-state index contributed by atoms with van der Waals surface area (Å²) < 4.78 is 0. The molecule has 1 aliphatic heterocycles. The summed E-state index contributed by atoms with van der Waals surface area (Å²) in [5.74, 6) is -0.145. The van der Waals surface area contributed by atoms with Gasteiger partial charge in [-0.3, -0.25) is 10.1 Å². The second-order valence-electron chi connectivity index (χ2n) is 7.51. The summed E-state index contributed by atoms with van der Waals surface area (Å²) in [5, 5.41) is 5.54. The van der Waals surface area contributed by atoms with Crippen molar-refractivity contribution in [3.05, 3.63) is 57.3 Å². The number of hydrogen-bond donors (Lipinski definition) is 1. The van der Waals surface area contributed by atoms with Gasteiger partial charge in [-0.25, -0.2) is 0 Å². The van der Waals surface area contributed by atoms with E-state index in [1.165, 1.54) is 16.0 Å². The van der Waals surface area contributed by atoms with Gasteiger partial charge in [-0.15, -0.1) is 11.3 Å². The van der Waals surface area contributed by atoms with Gasteiger partial charge < -0.3 is 4.90 Å². The Morgan fingerprint density at radius 1 is 1.24 bits per heavy atom. The van der Waals surface area contributed by atoms with Gasteiger partial charge in [0.25, 0.3) is 5.91 Å². The molecule has 3 nitrogen and oxygen atoms in total. The quantitative estimate of drug-likeness (QED) is 0.738. The third-order valence-corrected chi connectivity index (χ3v) is 6.10. The zero-order valence-corrected chi connectivity index (χ0v) is 16.8. The lowest BCUT2D eigenvalue weighted by atomic mass is 9.87. The lowest BCUT2D eigenvalue weighted by molar-refractivity contribution is 0.0971. The monoisotopic (exact) mass is 372 g/mol. The van der Waals surface area contributed by atoms with Crippen molar-refractivity contribution in [3.8, 4) is 0 Å². The molecule has 2 heterocycles. The molecule has 132 valence electrons. The van der Waals surface area contributed by atoms with Crippen molar-refractivity contribution in [1.82, 2.24) is 10.2 Å². The minimum atomic E-state index is -0.145. The molecular formula is C20H24N2OS2. The molecule has 1 N–H and O–H groups in total. The first-order chi connectivity index (χ1) is 11.8. The van der Waals surface area contributed by atoms with Gasteiger partial charge in [0.05, 0.1) is 6.04 Å². The van der Waals surface area contributed by atoms with Gasteiger partial charge >= 0.3 is 0 Å². The number of benzene rings is 1. The Kier molecular flexibility index (Phi) is 4.98. The number of carbonyl (C=O) groups excluding carboxylic acids is 1.